The molecule has 0 saturated carbocycles. The van der Waals surface area contributed by atoms with Gasteiger partial charge in [-0.15, -0.1) is 0 Å². The highest BCUT2D eigenvalue weighted by Gasteiger charge is 1.94. The summed E-state index contributed by atoms with van der Waals surface area (Å²) in [7, 11) is 1.64. The smallest absolute Gasteiger partial charge is 0.0701 e. The Morgan fingerprint density at radius 2 is 0.786 bits per heavy atom. The van der Waals surface area contributed by atoms with Crippen molar-refractivity contribution in [3.05, 3.63) is 10.4 Å². The summed E-state index contributed by atoms with van der Waals surface area (Å²) >= 11 is 0. The molecule has 0 rings (SSSR count). The second kappa shape index (κ2) is 26.0. The molecule has 0 bridgehead atoms. The highest BCUT2D eigenvalue weighted by atomic mass is 16.6. The first-order valence-corrected chi connectivity index (χ1v) is 9.45. The Morgan fingerprint density at radius 1 is 0.500 bits per heavy atom. The van der Waals surface area contributed by atoms with Crippen molar-refractivity contribution in [1.82, 2.24) is 0 Å². The molecule has 0 N–H and O–H groups in total. The number of azide groups is 1. The molecule has 0 saturated heterocycles. The predicted molar refractivity (Wildman–Crippen MR) is 102 cm³/mol. The molecule has 0 spiro atoms. The number of nitrogens with zero attached hydrogens (tertiary/aromatic N) is 3. The Hall–Kier alpha value is -1.01. The maximum absolute atomic E-state index is 8.08. The third-order valence-electron chi connectivity index (χ3n) is 3.06. The van der Waals surface area contributed by atoms with Gasteiger partial charge in [-0.25, -0.2) is 0 Å². The van der Waals surface area contributed by atoms with Gasteiger partial charge < -0.3 is 37.9 Å². The van der Waals surface area contributed by atoms with Crippen LogP contribution in [0.3, 0.4) is 0 Å². The van der Waals surface area contributed by atoms with E-state index in [1.807, 2.05) is 0 Å². The Balaban J connectivity index is 2.98. The lowest BCUT2D eigenvalue weighted by atomic mass is 10.6. The van der Waals surface area contributed by atoms with Crippen molar-refractivity contribution < 1.29 is 37.9 Å². The first kappa shape index (κ1) is 27.0. The maximum atomic E-state index is 8.08. The lowest BCUT2D eigenvalue weighted by molar-refractivity contribution is -0.0219. The van der Waals surface area contributed by atoms with Crippen LogP contribution in [-0.2, 0) is 37.9 Å². The number of ether oxygens (including phenoxy) is 8. The van der Waals surface area contributed by atoms with Gasteiger partial charge in [0, 0.05) is 18.6 Å². The first-order chi connectivity index (χ1) is 13.9. The summed E-state index contributed by atoms with van der Waals surface area (Å²) in [6.07, 6.45) is 0. The molecule has 11 nitrogen and oxygen atoms in total. The molecular formula is C17H35N3O8. The third-order valence-corrected chi connectivity index (χ3v) is 3.06. The molecular weight excluding hydrogens is 374 g/mol. The van der Waals surface area contributed by atoms with Crippen molar-refractivity contribution in [1.29, 1.82) is 0 Å². The van der Waals surface area contributed by atoms with Crippen LogP contribution in [0, 0.1) is 0 Å². The van der Waals surface area contributed by atoms with E-state index in [0.29, 0.717) is 106 Å². The van der Waals surface area contributed by atoms with E-state index in [1.54, 1.807) is 7.11 Å². The average molecular weight is 409 g/mol. The fraction of sp³-hybridized carbons (Fsp3) is 1.00. The molecule has 0 amide bonds. The van der Waals surface area contributed by atoms with Gasteiger partial charge in [0.15, 0.2) is 0 Å². The normalized spacial score (nSPS) is 10.9. The fourth-order valence-corrected chi connectivity index (χ4v) is 1.71. The summed E-state index contributed by atoms with van der Waals surface area (Å²) in [6, 6.07) is 0. The maximum Gasteiger partial charge on any atom is 0.0701 e. The summed E-state index contributed by atoms with van der Waals surface area (Å²) in [5, 5.41) is 3.36. The van der Waals surface area contributed by atoms with Crippen LogP contribution in [0.25, 0.3) is 10.4 Å². The summed E-state index contributed by atoms with van der Waals surface area (Å²) in [5.41, 5.74) is 8.08. The lowest BCUT2D eigenvalue weighted by Crippen LogP contribution is -2.15. The predicted octanol–water partition coefficient (Wildman–Crippen LogP) is 1.06. The zero-order valence-corrected chi connectivity index (χ0v) is 16.9. The van der Waals surface area contributed by atoms with Gasteiger partial charge in [0.25, 0.3) is 0 Å². The van der Waals surface area contributed by atoms with Crippen molar-refractivity contribution in [3.63, 3.8) is 0 Å². The second-order valence-corrected chi connectivity index (χ2v) is 5.23. The summed E-state index contributed by atoms with van der Waals surface area (Å²) in [6.45, 7) is 8.13. The Labute approximate surface area is 167 Å². The monoisotopic (exact) mass is 409 g/mol. The van der Waals surface area contributed by atoms with E-state index in [-0.39, 0.29) is 0 Å². The Kier molecular flexibility index (Phi) is 25.1. The first-order valence-electron chi connectivity index (χ1n) is 9.45. The van der Waals surface area contributed by atoms with Crippen molar-refractivity contribution >= 4 is 0 Å². The molecule has 0 fully saturated rings. The van der Waals surface area contributed by atoms with E-state index in [1.165, 1.54) is 0 Å². The highest BCUT2D eigenvalue weighted by Crippen LogP contribution is 1.85. The standard InChI is InChI=1S/C17H35N3O8/c1-21-4-5-23-8-9-25-12-13-27-16-17-28-15-14-26-11-10-24-7-6-22-3-2-19-20-18/h2-17H2,1H3. The van der Waals surface area contributed by atoms with Crippen LogP contribution in [0.4, 0.5) is 0 Å². The lowest BCUT2D eigenvalue weighted by Gasteiger charge is -2.08. The van der Waals surface area contributed by atoms with Gasteiger partial charge in [-0.1, -0.05) is 5.11 Å². The zero-order valence-electron chi connectivity index (χ0n) is 16.9. The Bertz CT molecular complexity index is 346. The molecule has 0 aliphatic rings. The number of hydrogen-bond donors (Lipinski definition) is 0. The molecule has 11 heteroatoms. The van der Waals surface area contributed by atoms with Crippen LogP contribution < -0.4 is 0 Å². The molecule has 0 atom stereocenters. The van der Waals surface area contributed by atoms with Gasteiger partial charge >= 0.3 is 0 Å². The minimum Gasteiger partial charge on any atom is -0.382 e. The van der Waals surface area contributed by atoms with Crippen LogP contribution in [0.5, 0.6) is 0 Å². The van der Waals surface area contributed by atoms with E-state index >= 15 is 0 Å². The minimum atomic E-state index is 0.337. The van der Waals surface area contributed by atoms with E-state index in [4.69, 9.17) is 43.4 Å². The number of hydrogen-bond acceptors (Lipinski definition) is 9. The summed E-state index contributed by atoms with van der Waals surface area (Å²) in [5.74, 6) is 0. The van der Waals surface area contributed by atoms with Gasteiger partial charge in [0.2, 0.25) is 0 Å². The van der Waals surface area contributed by atoms with Gasteiger partial charge in [-0.05, 0) is 5.53 Å². The molecule has 0 aromatic rings. The number of rotatable bonds is 24. The molecule has 28 heavy (non-hydrogen) atoms. The van der Waals surface area contributed by atoms with E-state index in [0.717, 1.165) is 0 Å². The van der Waals surface area contributed by atoms with Gasteiger partial charge in [-0.2, -0.15) is 0 Å². The SMILES string of the molecule is COCCOCCOCCOCCOCCOCCOCCOCCN=[N+]=[N-]. The molecule has 0 aromatic carbocycles. The average Bonchev–Trinajstić information content (AvgIpc) is 2.71. The van der Waals surface area contributed by atoms with Crippen LogP contribution in [0.1, 0.15) is 0 Å². The van der Waals surface area contributed by atoms with Crippen LogP contribution >= 0.6 is 0 Å². The molecule has 0 aliphatic heterocycles. The van der Waals surface area contributed by atoms with Crippen LogP contribution in [-0.4, -0.2) is 113 Å². The van der Waals surface area contributed by atoms with Crippen molar-refractivity contribution in [3.8, 4) is 0 Å². The zero-order chi connectivity index (χ0) is 20.4. The van der Waals surface area contributed by atoms with E-state index < -0.39 is 0 Å². The molecule has 166 valence electrons. The van der Waals surface area contributed by atoms with Gasteiger partial charge in [0.1, 0.15) is 0 Å². The molecule has 0 heterocycles. The third kappa shape index (κ3) is 25.0. The van der Waals surface area contributed by atoms with Crippen molar-refractivity contribution in [2.24, 2.45) is 5.11 Å². The van der Waals surface area contributed by atoms with Crippen LogP contribution in [0.15, 0.2) is 5.11 Å². The molecule has 0 radical (unpaired) electrons. The number of methoxy groups -OCH3 is 1. The topological polar surface area (TPSA) is 123 Å². The molecule has 0 aromatic heterocycles. The second-order valence-electron chi connectivity index (χ2n) is 5.23. The van der Waals surface area contributed by atoms with Gasteiger partial charge in [-0.3, -0.25) is 0 Å². The van der Waals surface area contributed by atoms with E-state index in [2.05, 4.69) is 10.0 Å². The summed E-state index contributed by atoms with van der Waals surface area (Å²) < 4.78 is 42.2. The Morgan fingerprint density at radius 3 is 1.07 bits per heavy atom. The molecule has 0 aliphatic carbocycles. The van der Waals surface area contributed by atoms with E-state index in [9.17, 15) is 0 Å². The largest absolute Gasteiger partial charge is 0.382 e. The quantitative estimate of drug-likeness (QED) is 0.100. The van der Waals surface area contributed by atoms with Gasteiger partial charge in [0.05, 0.1) is 99.1 Å². The van der Waals surface area contributed by atoms with Crippen molar-refractivity contribution in [2.45, 2.75) is 0 Å². The van der Waals surface area contributed by atoms with Crippen LogP contribution in [0.2, 0.25) is 0 Å². The fourth-order valence-electron chi connectivity index (χ4n) is 1.71. The molecule has 0 unspecified atom stereocenters. The van der Waals surface area contributed by atoms with Crippen molar-refractivity contribution in [2.75, 3.05) is 113 Å². The summed E-state index contributed by atoms with van der Waals surface area (Å²) in [4.78, 5) is 2.63. The highest BCUT2D eigenvalue weighted by molar-refractivity contribution is 4.44. The minimum absolute atomic E-state index is 0.337.